The summed E-state index contributed by atoms with van der Waals surface area (Å²) in [5.74, 6) is -0.571. The van der Waals surface area contributed by atoms with Crippen molar-refractivity contribution in [1.29, 1.82) is 0 Å². The van der Waals surface area contributed by atoms with E-state index in [4.69, 9.17) is 0 Å². The highest BCUT2D eigenvalue weighted by Gasteiger charge is 2.21. The Labute approximate surface area is 162 Å². The Balaban J connectivity index is 1.77. The minimum Gasteiger partial charge on any atom is -0.335 e. The van der Waals surface area contributed by atoms with Crippen LogP contribution in [-0.2, 0) is 0 Å². The van der Waals surface area contributed by atoms with Gasteiger partial charge in [-0.1, -0.05) is 30.3 Å². The number of carbonyl (C=O) groups excluding carboxylic acids is 2. The van der Waals surface area contributed by atoms with Gasteiger partial charge in [-0.15, -0.1) is 0 Å². The highest BCUT2D eigenvalue weighted by molar-refractivity contribution is 6.04. The molecule has 3 rings (SSSR count). The highest BCUT2D eigenvalue weighted by atomic mass is 16.2. The summed E-state index contributed by atoms with van der Waals surface area (Å²) in [6.07, 6.45) is 1.49. The van der Waals surface area contributed by atoms with Crippen LogP contribution in [0.15, 0.2) is 77.7 Å². The molecule has 0 aliphatic rings. The van der Waals surface area contributed by atoms with Crippen LogP contribution in [0.3, 0.4) is 0 Å². The summed E-state index contributed by atoms with van der Waals surface area (Å²) in [6, 6.07) is 19.1. The van der Waals surface area contributed by atoms with Crippen molar-refractivity contribution >= 4 is 17.5 Å². The number of rotatable bonds is 5. The molecule has 0 saturated heterocycles. The number of H-pyrrole nitrogens is 1. The van der Waals surface area contributed by atoms with Crippen molar-refractivity contribution in [3.63, 3.8) is 0 Å². The summed E-state index contributed by atoms with van der Waals surface area (Å²) in [5.41, 5.74) is 1.71. The number of amides is 2. The summed E-state index contributed by atoms with van der Waals surface area (Å²) >= 11 is 0. The van der Waals surface area contributed by atoms with Gasteiger partial charge >= 0.3 is 0 Å². The van der Waals surface area contributed by atoms with E-state index in [-0.39, 0.29) is 23.4 Å². The van der Waals surface area contributed by atoms with E-state index in [2.05, 4.69) is 10.3 Å². The molecule has 142 valence electrons. The zero-order valence-corrected chi connectivity index (χ0v) is 15.7. The zero-order valence-electron chi connectivity index (χ0n) is 15.7. The molecular formula is C22H21N3O3. The number of carbonyl (C=O) groups is 2. The number of anilines is 1. The van der Waals surface area contributed by atoms with Crippen LogP contribution in [0.4, 0.5) is 5.69 Å². The van der Waals surface area contributed by atoms with Crippen LogP contribution in [0, 0.1) is 0 Å². The Morgan fingerprint density at radius 1 is 1.00 bits per heavy atom. The van der Waals surface area contributed by atoms with Crippen molar-refractivity contribution < 1.29 is 9.59 Å². The lowest BCUT2D eigenvalue weighted by molar-refractivity contribution is 0.0740. The van der Waals surface area contributed by atoms with Gasteiger partial charge < -0.3 is 15.2 Å². The minimum atomic E-state index is -0.421. The van der Waals surface area contributed by atoms with Crippen LogP contribution in [0.2, 0.25) is 0 Å². The third-order valence-corrected chi connectivity index (χ3v) is 4.61. The molecule has 0 unspecified atom stereocenters. The molecule has 0 bridgehead atoms. The summed E-state index contributed by atoms with van der Waals surface area (Å²) in [5, 5.41) is 2.87. The third-order valence-electron chi connectivity index (χ3n) is 4.61. The van der Waals surface area contributed by atoms with E-state index in [1.54, 1.807) is 43.4 Å². The number of pyridine rings is 1. The summed E-state index contributed by atoms with van der Waals surface area (Å²) in [6.45, 7) is 1.87. The van der Waals surface area contributed by atoms with Gasteiger partial charge in [0.1, 0.15) is 5.56 Å². The molecule has 0 radical (unpaired) electrons. The van der Waals surface area contributed by atoms with Crippen molar-refractivity contribution in [2.24, 2.45) is 0 Å². The fraction of sp³-hybridized carbons (Fsp3) is 0.136. The molecule has 1 heterocycles. The Kier molecular flexibility index (Phi) is 5.69. The van der Waals surface area contributed by atoms with E-state index in [0.717, 1.165) is 5.56 Å². The first kappa shape index (κ1) is 19.1. The average Bonchev–Trinajstić information content (AvgIpc) is 2.73. The molecule has 0 spiro atoms. The largest absolute Gasteiger partial charge is 0.335 e. The van der Waals surface area contributed by atoms with Crippen molar-refractivity contribution in [1.82, 2.24) is 9.88 Å². The van der Waals surface area contributed by atoms with Gasteiger partial charge in [0.25, 0.3) is 17.4 Å². The fourth-order valence-corrected chi connectivity index (χ4v) is 2.85. The second-order valence-corrected chi connectivity index (χ2v) is 6.45. The topological polar surface area (TPSA) is 82.3 Å². The van der Waals surface area contributed by atoms with E-state index in [0.29, 0.717) is 11.3 Å². The van der Waals surface area contributed by atoms with Gasteiger partial charge in [-0.25, -0.2) is 0 Å². The molecule has 0 saturated carbocycles. The fourth-order valence-electron chi connectivity index (χ4n) is 2.85. The van der Waals surface area contributed by atoms with E-state index < -0.39 is 5.56 Å². The number of aromatic amines is 1. The van der Waals surface area contributed by atoms with Gasteiger partial charge in [0.05, 0.1) is 6.04 Å². The normalized spacial score (nSPS) is 11.5. The molecule has 2 N–H and O–H groups in total. The first-order chi connectivity index (χ1) is 13.5. The zero-order chi connectivity index (χ0) is 20.1. The van der Waals surface area contributed by atoms with Gasteiger partial charge in [0, 0.05) is 24.5 Å². The predicted molar refractivity (Wildman–Crippen MR) is 108 cm³/mol. The molecule has 0 aliphatic heterocycles. The van der Waals surface area contributed by atoms with Gasteiger partial charge in [0.15, 0.2) is 0 Å². The lowest BCUT2D eigenvalue weighted by Gasteiger charge is -2.25. The molecule has 1 aromatic heterocycles. The third kappa shape index (κ3) is 4.17. The molecule has 6 nitrogen and oxygen atoms in total. The summed E-state index contributed by atoms with van der Waals surface area (Å²) < 4.78 is 0. The number of nitrogens with zero attached hydrogens (tertiary/aromatic N) is 1. The van der Waals surface area contributed by atoms with Gasteiger partial charge in [-0.3, -0.25) is 14.4 Å². The lowest BCUT2D eigenvalue weighted by Crippen LogP contribution is -2.33. The van der Waals surface area contributed by atoms with E-state index in [1.165, 1.54) is 17.2 Å². The quantitative estimate of drug-likeness (QED) is 0.716. The molecular weight excluding hydrogens is 354 g/mol. The van der Waals surface area contributed by atoms with Gasteiger partial charge in [0.2, 0.25) is 0 Å². The second kappa shape index (κ2) is 8.35. The molecule has 28 heavy (non-hydrogen) atoms. The number of nitrogens with one attached hydrogen (secondary N) is 2. The summed E-state index contributed by atoms with van der Waals surface area (Å²) in [4.78, 5) is 40.9. The Bertz CT molecular complexity index is 1040. The van der Waals surface area contributed by atoms with Crippen LogP contribution in [-0.4, -0.2) is 28.7 Å². The van der Waals surface area contributed by atoms with E-state index in [1.807, 2.05) is 31.2 Å². The Morgan fingerprint density at radius 2 is 1.75 bits per heavy atom. The van der Waals surface area contributed by atoms with Crippen LogP contribution in [0.25, 0.3) is 0 Å². The van der Waals surface area contributed by atoms with E-state index in [9.17, 15) is 14.4 Å². The van der Waals surface area contributed by atoms with Crippen LogP contribution >= 0.6 is 0 Å². The Morgan fingerprint density at radius 3 is 2.46 bits per heavy atom. The monoisotopic (exact) mass is 375 g/mol. The number of aromatic nitrogens is 1. The highest BCUT2D eigenvalue weighted by Crippen LogP contribution is 2.23. The minimum absolute atomic E-state index is 0.0883. The number of benzene rings is 2. The SMILES string of the molecule is C[C@@H](c1cccc(NC(=O)c2ccccc2)c1)N(C)C(=O)c1ccc[nH]c1=O. The lowest BCUT2D eigenvalue weighted by atomic mass is 10.1. The smallest absolute Gasteiger partial charge is 0.260 e. The average molecular weight is 375 g/mol. The first-order valence-electron chi connectivity index (χ1n) is 8.88. The standard InChI is InChI=1S/C22H21N3O3/c1-15(25(2)22(28)19-12-7-13-23-21(19)27)17-10-6-11-18(14-17)24-20(26)16-8-4-3-5-9-16/h3-15H,1-2H3,(H,23,27)(H,24,26)/t15-/m0/s1. The molecule has 2 aromatic carbocycles. The maximum Gasteiger partial charge on any atom is 0.260 e. The molecule has 2 amide bonds. The molecule has 3 aromatic rings. The van der Waals surface area contributed by atoms with Crippen LogP contribution < -0.4 is 10.9 Å². The van der Waals surface area contributed by atoms with Crippen molar-refractivity contribution in [3.8, 4) is 0 Å². The molecule has 0 fully saturated rings. The number of hydrogen-bond acceptors (Lipinski definition) is 3. The maximum absolute atomic E-state index is 12.7. The summed E-state index contributed by atoms with van der Waals surface area (Å²) in [7, 11) is 1.65. The van der Waals surface area contributed by atoms with Crippen molar-refractivity contribution in [2.75, 3.05) is 12.4 Å². The predicted octanol–water partition coefficient (Wildman–Crippen LogP) is 3.46. The van der Waals surface area contributed by atoms with Crippen molar-refractivity contribution in [2.45, 2.75) is 13.0 Å². The van der Waals surface area contributed by atoms with E-state index >= 15 is 0 Å². The van der Waals surface area contributed by atoms with Crippen molar-refractivity contribution in [3.05, 3.63) is 100.0 Å². The van der Waals surface area contributed by atoms with Crippen LogP contribution in [0.5, 0.6) is 0 Å². The molecule has 6 heteroatoms. The number of hydrogen-bond donors (Lipinski definition) is 2. The molecule has 1 atom stereocenters. The van der Waals surface area contributed by atoms with Gasteiger partial charge in [-0.05, 0) is 48.9 Å². The maximum atomic E-state index is 12.7. The van der Waals surface area contributed by atoms with Crippen LogP contribution in [0.1, 0.15) is 39.2 Å². The second-order valence-electron chi connectivity index (χ2n) is 6.45. The van der Waals surface area contributed by atoms with Gasteiger partial charge in [-0.2, -0.15) is 0 Å². The molecule has 0 aliphatic carbocycles. The Hall–Kier alpha value is -3.67. The first-order valence-corrected chi connectivity index (χ1v) is 8.88.